The largest absolute Gasteiger partial charge is 0.321 e. The first-order chi connectivity index (χ1) is 6.54. The lowest BCUT2D eigenvalue weighted by Crippen LogP contribution is -2.09. The predicted octanol–water partition coefficient (Wildman–Crippen LogP) is 2.59. The van der Waals surface area contributed by atoms with Crippen molar-refractivity contribution in [3.63, 3.8) is 0 Å². The van der Waals surface area contributed by atoms with E-state index >= 15 is 0 Å². The fourth-order valence-corrected chi connectivity index (χ4v) is 1.39. The number of aromatic nitrogens is 1. The SMILES string of the molecule is C=CC(=O)Nc1cc(C)nc(C)c1Br. The van der Waals surface area contributed by atoms with Crippen molar-refractivity contribution in [1.82, 2.24) is 4.98 Å². The summed E-state index contributed by atoms with van der Waals surface area (Å²) in [5.74, 6) is -0.226. The first-order valence-corrected chi connectivity index (χ1v) is 4.91. The molecule has 1 heterocycles. The Morgan fingerprint density at radius 3 is 2.86 bits per heavy atom. The zero-order valence-corrected chi connectivity index (χ0v) is 9.68. The molecule has 0 spiro atoms. The molecule has 0 atom stereocenters. The summed E-state index contributed by atoms with van der Waals surface area (Å²) < 4.78 is 0.804. The molecule has 0 aliphatic rings. The lowest BCUT2D eigenvalue weighted by Gasteiger charge is -2.08. The highest BCUT2D eigenvalue weighted by molar-refractivity contribution is 9.10. The molecule has 0 aliphatic carbocycles. The van der Waals surface area contributed by atoms with Crippen LogP contribution in [0.25, 0.3) is 0 Å². The van der Waals surface area contributed by atoms with E-state index in [4.69, 9.17) is 0 Å². The molecule has 0 aromatic carbocycles. The Balaban J connectivity index is 3.07. The number of carbonyl (C=O) groups excluding carboxylic acids is 1. The molecule has 0 fully saturated rings. The van der Waals surface area contributed by atoms with Crippen molar-refractivity contribution in [2.24, 2.45) is 0 Å². The fraction of sp³-hybridized carbons (Fsp3) is 0.200. The second kappa shape index (κ2) is 4.37. The summed E-state index contributed by atoms with van der Waals surface area (Å²) in [6, 6.07) is 1.80. The summed E-state index contributed by atoms with van der Waals surface area (Å²) >= 11 is 3.36. The minimum absolute atomic E-state index is 0.226. The Morgan fingerprint density at radius 1 is 1.64 bits per heavy atom. The lowest BCUT2D eigenvalue weighted by molar-refractivity contribution is -0.111. The maximum atomic E-state index is 11.1. The highest BCUT2D eigenvalue weighted by Crippen LogP contribution is 2.25. The van der Waals surface area contributed by atoms with Gasteiger partial charge in [0.05, 0.1) is 15.9 Å². The standard InChI is InChI=1S/C10H11BrN2O/c1-4-9(14)13-8-5-6(2)12-7(3)10(8)11/h4-5H,1H2,2-3H3,(H,12,13,14). The van der Waals surface area contributed by atoms with Crippen molar-refractivity contribution in [3.8, 4) is 0 Å². The summed E-state index contributed by atoms with van der Waals surface area (Å²) in [5.41, 5.74) is 2.44. The van der Waals surface area contributed by atoms with E-state index in [1.807, 2.05) is 13.8 Å². The predicted molar refractivity (Wildman–Crippen MR) is 60.2 cm³/mol. The third-order valence-corrected chi connectivity index (χ3v) is 2.70. The number of anilines is 1. The zero-order chi connectivity index (χ0) is 10.7. The van der Waals surface area contributed by atoms with Gasteiger partial charge in [-0.25, -0.2) is 0 Å². The Morgan fingerprint density at radius 2 is 2.29 bits per heavy atom. The maximum absolute atomic E-state index is 11.1. The van der Waals surface area contributed by atoms with E-state index in [1.165, 1.54) is 6.08 Å². The molecule has 3 nitrogen and oxygen atoms in total. The smallest absolute Gasteiger partial charge is 0.247 e. The van der Waals surface area contributed by atoms with E-state index in [9.17, 15) is 4.79 Å². The van der Waals surface area contributed by atoms with Crippen LogP contribution >= 0.6 is 15.9 Å². The van der Waals surface area contributed by atoms with Gasteiger partial charge in [-0.1, -0.05) is 6.58 Å². The molecule has 0 radical (unpaired) electrons. The number of halogens is 1. The number of aryl methyl sites for hydroxylation is 2. The van der Waals surface area contributed by atoms with Crippen molar-refractivity contribution in [1.29, 1.82) is 0 Å². The van der Waals surface area contributed by atoms with Crippen molar-refractivity contribution >= 4 is 27.5 Å². The molecule has 0 saturated carbocycles. The molecule has 1 N–H and O–H groups in total. The topological polar surface area (TPSA) is 42.0 Å². The van der Waals surface area contributed by atoms with Crippen LogP contribution in [0.4, 0.5) is 5.69 Å². The lowest BCUT2D eigenvalue weighted by atomic mass is 10.3. The number of amides is 1. The van der Waals surface area contributed by atoms with Gasteiger partial charge in [0.1, 0.15) is 0 Å². The molecule has 1 rings (SSSR count). The van der Waals surface area contributed by atoms with Crippen LogP contribution in [-0.4, -0.2) is 10.9 Å². The van der Waals surface area contributed by atoms with Gasteiger partial charge in [-0.05, 0) is 41.9 Å². The third-order valence-electron chi connectivity index (χ3n) is 1.69. The second-order valence-electron chi connectivity index (χ2n) is 2.90. The summed E-state index contributed by atoms with van der Waals surface area (Å²) in [4.78, 5) is 15.3. The van der Waals surface area contributed by atoms with Crippen LogP contribution in [0, 0.1) is 13.8 Å². The third kappa shape index (κ3) is 2.42. The minimum Gasteiger partial charge on any atom is -0.321 e. The van der Waals surface area contributed by atoms with Crippen LogP contribution in [0.5, 0.6) is 0 Å². The molecule has 0 bridgehead atoms. The van der Waals surface area contributed by atoms with Crippen molar-refractivity contribution < 1.29 is 4.79 Å². The Kier molecular flexibility index (Phi) is 3.41. The number of rotatable bonds is 2. The van der Waals surface area contributed by atoms with Gasteiger partial charge in [-0.2, -0.15) is 0 Å². The van der Waals surface area contributed by atoms with Crippen LogP contribution in [0.1, 0.15) is 11.4 Å². The van der Waals surface area contributed by atoms with Crippen LogP contribution in [0.3, 0.4) is 0 Å². The summed E-state index contributed by atoms with van der Waals surface area (Å²) in [6.45, 7) is 7.14. The van der Waals surface area contributed by atoms with Gasteiger partial charge >= 0.3 is 0 Å². The summed E-state index contributed by atoms with van der Waals surface area (Å²) in [6.07, 6.45) is 1.23. The summed E-state index contributed by atoms with van der Waals surface area (Å²) in [7, 11) is 0. The van der Waals surface area contributed by atoms with Gasteiger partial charge in [0.25, 0.3) is 0 Å². The van der Waals surface area contributed by atoms with E-state index in [0.29, 0.717) is 0 Å². The van der Waals surface area contributed by atoms with Gasteiger partial charge in [-0.3, -0.25) is 9.78 Å². The number of hydrogen-bond donors (Lipinski definition) is 1. The zero-order valence-electron chi connectivity index (χ0n) is 8.10. The highest BCUT2D eigenvalue weighted by Gasteiger charge is 2.06. The molecular formula is C10H11BrN2O. The van der Waals surface area contributed by atoms with Crippen LogP contribution in [-0.2, 0) is 4.79 Å². The van der Waals surface area contributed by atoms with E-state index in [1.54, 1.807) is 6.07 Å². The Hall–Kier alpha value is -1.16. The molecule has 14 heavy (non-hydrogen) atoms. The number of nitrogens with zero attached hydrogens (tertiary/aromatic N) is 1. The van der Waals surface area contributed by atoms with Gasteiger partial charge < -0.3 is 5.32 Å². The first-order valence-electron chi connectivity index (χ1n) is 4.11. The van der Waals surface area contributed by atoms with Gasteiger partial charge in [0.2, 0.25) is 5.91 Å². The molecular weight excluding hydrogens is 244 g/mol. The molecule has 4 heteroatoms. The number of nitrogens with one attached hydrogen (secondary N) is 1. The molecule has 1 amide bonds. The fourth-order valence-electron chi connectivity index (χ4n) is 1.09. The van der Waals surface area contributed by atoms with E-state index < -0.39 is 0 Å². The van der Waals surface area contributed by atoms with Crippen LogP contribution in [0.15, 0.2) is 23.2 Å². The summed E-state index contributed by atoms with van der Waals surface area (Å²) in [5, 5.41) is 2.70. The average Bonchev–Trinajstić information content (AvgIpc) is 2.13. The molecule has 1 aromatic heterocycles. The van der Waals surface area contributed by atoms with E-state index in [0.717, 1.165) is 21.5 Å². The quantitative estimate of drug-likeness (QED) is 0.825. The second-order valence-corrected chi connectivity index (χ2v) is 3.70. The van der Waals surface area contributed by atoms with Crippen molar-refractivity contribution in [2.75, 3.05) is 5.32 Å². The first kappa shape index (κ1) is 10.9. The molecule has 0 aliphatic heterocycles. The number of carbonyl (C=O) groups is 1. The normalized spacial score (nSPS) is 9.64. The van der Waals surface area contributed by atoms with Gasteiger partial charge in [-0.15, -0.1) is 0 Å². The molecule has 74 valence electrons. The average molecular weight is 255 g/mol. The number of hydrogen-bond acceptors (Lipinski definition) is 2. The maximum Gasteiger partial charge on any atom is 0.247 e. The van der Waals surface area contributed by atoms with Crippen LogP contribution in [0.2, 0.25) is 0 Å². The Bertz CT molecular complexity index is 388. The number of pyridine rings is 1. The minimum atomic E-state index is -0.226. The monoisotopic (exact) mass is 254 g/mol. The molecule has 0 saturated heterocycles. The van der Waals surface area contributed by atoms with Gasteiger partial charge in [0.15, 0.2) is 0 Å². The van der Waals surface area contributed by atoms with Crippen LogP contribution < -0.4 is 5.32 Å². The van der Waals surface area contributed by atoms with E-state index in [2.05, 4.69) is 32.8 Å². The van der Waals surface area contributed by atoms with Crippen molar-refractivity contribution in [2.45, 2.75) is 13.8 Å². The van der Waals surface area contributed by atoms with E-state index in [-0.39, 0.29) is 5.91 Å². The Labute approximate surface area is 91.4 Å². The van der Waals surface area contributed by atoms with Crippen molar-refractivity contribution in [3.05, 3.63) is 34.6 Å². The highest BCUT2D eigenvalue weighted by atomic mass is 79.9. The molecule has 1 aromatic rings. The molecule has 0 unspecified atom stereocenters. The van der Waals surface area contributed by atoms with Gasteiger partial charge in [0, 0.05) is 5.69 Å².